The van der Waals surface area contributed by atoms with Crippen molar-refractivity contribution in [1.82, 2.24) is 0 Å². The van der Waals surface area contributed by atoms with Crippen LogP contribution in [0.2, 0.25) is 5.32 Å². The molecule has 0 nitrogen and oxygen atoms in total. The van der Waals surface area contributed by atoms with Crippen molar-refractivity contribution in [3.05, 3.63) is 43.0 Å². The van der Waals surface area contributed by atoms with Gasteiger partial charge in [0.05, 0.1) is 0 Å². The van der Waals surface area contributed by atoms with Gasteiger partial charge in [-0.05, 0) is 0 Å². The molecule has 1 unspecified atom stereocenters. The Morgan fingerprint density at radius 2 is 2.06 bits per heavy atom. The van der Waals surface area contributed by atoms with Gasteiger partial charge in [-0.25, -0.2) is 0 Å². The first-order valence-corrected chi connectivity index (χ1v) is 12.0. The van der Waals surface area contributed by atoms with Crippen LogP contribution in [0.1, 0.15) is 19.8 Å². The molecular formula is C13H19PSSe. The van der Waals surface area contributed by atoms with Crippen molar-refractivity contribution in [3.63, 3.8) is 0 Å². The molecule has 0 aliphatic rings. The number of hydrogen-bond acceptors (Lipinski definition) is 1. The van der Waals surface area contributed by atoms with Crippen LogP contribution >= 0.6 is 4.73 Å². The molecule has 0 N–H and O–H groups in total. The molecule has 0 aliphatic heterocycles. The first-order chi connectivity index (χ1) is 7.73. The Balaban J connectivity index is 2.85. The molecular weight excluding hydrogens is 298 g/mol. The molecule has 88 valence electrons. The van der Waals surface area contributed by atoms with Crippen molar-refractivity contribution in [2.75, 3.05) is 6.16 Å². The summed E-state index contributed by atoms with van der Waals surface area (Å²) in [5.74, 6) is 0. The van der Waals surface area contributed by atoms with Gasteiger partial charge in [-0.1, -0.05) is 0 Å². The van der Waals surface area contributed by atoms with E-state index < -0.39 is 4.73 Å². The summed E-state index contributed by atoms with van der Waals surface area (Å²) in [5.41, 5.74) is 0. The second-order valence-corrected chi connectivity index (χ2v) is 15.9. The molecule has 0 heterocycles. The molecule has 0 saturated carbocycles. The number of allylic oxidation sites excluding steroid dienone is 1. The molecule has 0 saturated heterocycles. The van der Waals surface area contributed by atoms with Crippen LogP contribution in [-0.2, 0) is 11.8 Å². The molecule has 1 aromatic carbocycles. The summed E-state index contributed by atoms with van der Waals surface area (Å²) in [6.45, 7) is 6.07. The number of unbranched alkanes of at least 4 members (excludes halogenated alkanes) is 1. The van der Waals surface area contributed by atoms with Crippen LogP contribution in [0.15, 0.2) is 43.0 Å². The third-order valence-corrected chi connectivity index (χ3v) is 14.3. The molecule has 0 aliphatic carbocycles. The zero-order chi connectivity index (χ0) is 11.9. The maximum absolute atomic E-state index is 5.99. The van der Waals surface area contributed by atoms with E-state index in [0.29, 0.717) is 14.5 Å². The Morgan fingerprint density at radius 3 is 2.62 bits per heavy atom. The Bertz CT molecular complexity index is 361. The molecule has 0 radical (unpaired) electrons. The molecule has 0 aromatic heterocycles. The van der Waals surface area contributed by atoms with Crippen LogP contribution in [-0.4, -0.2) is 20.7 Å². The van der Waals surface area contributed by atoms with E-state index in [4.69, 9.17) is 11.8 Å². The van der Waals surface area contributed by atoms with Crippen molar-refractivity contribution in [3.8, 4) is 0 Å². The molecule has 1 aromatic rings. The molecule has 0 amide bonds. The summed E-state index contributed by atoms with van der Waals surface area (Å²) in [5, 5.41) is 2.54. The van der Waals surface area contributed by atoms with Gasteiger partial charge >= 0.3 is 111 Å². The Hall–Kier alpha value is 0.129. The van der Waals surface area contributed by atoms with Crippen LogP contribution in [0.5, 0.6) is 0 Å². The summed E-state index contributed by atoms with van der Waals surface area (Å²) in [4.78, 5) is 0. The standard InChI is InChI=1S/C13H19PSSe/c1-3-5-11-14(15,16-12-4-2)13-9-7-6-8-10-13/h4,6-10H,2-3,5,11-12H2,1H3. The van der Waals surface area contributed by atoms with Gasteiger partial charge in [-0.15, -0.1) is 0 Å². The monoisotopic (exact) mass is 318 g/mol. The summed E-state index contributed by atoms with van der Waals surface area (Å²) >= 11 is 6.53. The zero-order valence-corrected chi connectivity index (χ0v) is 13.2. The van der Waals surface area contributed by atoms with Gasteiger partial charge in [-0.2, -0.15) is 0 Å². The van der Waals surface area contributed by atoms with Crippen LogP contribution in [0.25, 0.3) is 0 Å². The Kier molecular flexibility index (Phi) is 6.61. The number of benzene rings is 1. The normalized spacial score (nSPS) is 14.3. The van der Waals surface area contributed by atoms with E-state index >= 15 is 0 Å². The fourth-order valence-electron chi connectivity index (χ4n) is 1.46. The molecule has 3 heteroatoms. The predicted molar refractivity (Wildman–Crippen MR) is 80.9 cm³/mol. The SMILES string of the molecule is C=CC[Se]P(=S)(CCCC)c1ccccc1. The van der Waals surface area contributed by atoms with Crippen molar-refractivity contribution in [2.24, 2.45) is 0 Å². The van der Waals surface area contributed by atoms with Gasteiger partial charge in [0.2, 0.25) is 0 Å². The van der Waals surface area contributed by atoms with E-state index in [1.165, 1.54) is 24.3 Å². The van der Waals surface area contributed by atoms with Gasteiger partial charge in [0.25, 0.3) is 0 Å². The van der Waals surface area contributed by atoms with Crippen molar-refractivity contribution >= 4 is 36.4 Å². The van der Waals surface area contributed by atoms with Crippen LogP contribution in [0.3, 0.4) is 0 Å². The van der Waals surface area contributed by atoms with Gasteiger partial charge in [0.15, 0.2) is 0 Å². The van der Waals surface area contributed by atoms with E-state index in [1.54, 1.807) is 0 Å². The van der Waals surface area contributed by atoms with Crippen molar-refractivity contribution in [2.45, 2.75) is 25.1 Å². The number of rotatable bonds is 7. The molecule has 0 bridgehead atoms. The minimum atomic E-state index is -1.28. The Morgan fingerprint density at radius 1 is 1.38 bits per heavy atom. The molecule has 1 atom stereocenters. The van der Waals surface area contributed by atoms with Gasteiger partial charge < -0.3 is 0 Å². The van der Waals surface area contributed by atoms with Crippen molar-refractivity contribution < 1.29 is 0 Å². The van der Waals surface area contributed by atoms with Gasteiger partial charge in [-0.3, -0.25) is 0 Å². The van der Waals surface area contributed by atoms with E-state index in [1.807, 2.05) is 6.08 Å². The van der Waals surface area contributed by atoms with E-state index in [2.05, 4.69) is 43.8 Å². The number of hydrogen-bond donors (Lipinski definition) is 0. The molecule has 0 spiro atoms. The predicted octanol–water partition coefficient (Wildman–Crippen LogP) is 3.82. The summed E-state index contributed by atoms with van der Waals surface area (Å²) in [6.07, 6.45) is 5.77. The zero-order valence-electron chi connectivity index (χ0n) is 9.76. The third-order valence-electron chi connectivity index (χ3n) is 2.36. The van der Waals surface area contributed by atoms with Crippen LogP contribution < -0.4 is 5.30 Å². The molecule has 1 rings (SSSR count). The second-order valence-electron chi connectivity index (χ2n) is 3.67. The van der Waals surface area contributed by atoms with E-state index in [-0.39, 0.29) is 0 Å². The molecule has 0 fully saturated rings. The van der Waals surface area contributed by atoms with Crippen LogP contribution in [0, 0.1) is 0 Å². The fraction of sp³-hybridized carbons (Fsp3) is 0.385. The van der Waals surface area contributed by atoms with E-state index in [9.17, 15) is 0 Å². The topological polar surface area (TPSA) is 0 Å². The quantitative estimate of drug-likeness (QED) is 0.419. The van der Waals surface area contributed by atoms with Crippen molar-refractivity contribution in [1.29, 1.82) is 0 Å². The Labute approximate surface area is 110 Å². The van der Waals surface area contributed by atoms with Gasteiger partial charge in [0, 0.05) is 0 Å². The summed E-state index contributed by atoms with van der Waals surface area (Å²) < 4.78 is -1.28. The maximum atomic E-state index is 5.99. The summed E-state index contributed by atoms with van der Waals surface area (Å²) in [7, 11) is 0. The van der Waals surface area contributed by atoms with Crippen LogP contribution in [0.4, 0.5) is 0 Å². The van der Waals surface area contributed by atoms with Gasteiger partial charge in [0.1, 0.15) is 0 Å². The molecule has 16 heavy (non-hydrogen) atoms. The fourth-order valence-corrected chi connectivity index (χ4v) is 10.9. The average Bonchev–Trinajstić information content (AvgIpc) is 2.35. The third kappa shape index (κ3) is 4.18. The first kappa shape index (κ1) is 14.2. The summed E-state index contributed by atoms with van der Waals surface area (Å²) in [6, 6.07) is 10.8. The second kappa shape index (κ2) is 7.45. The average molecular weight is 317 g/mol. The minimum absolute atomic E-state index is 0.542. The first-order valence-electron chi connectivity index (χ1n) is 5.63. The van der Waals surface area contributed by atoms with E-state index in [0.717, 1.165) is 5.32 Å².